The monoisotopic (exact) mass is 196 g/mol. The van der Waals surface area contributed by atoms with Crippen LogP contribution in [0.2, 0.25) is 0 Å². The number of rotatable bonds is 2. The van der Waals surface area contributed by atoms with Gasteiger partial charge < -0.3 is 5.32 Å². The number of carbonyl (C=O) groups excluding carboxylic acids is 1. The van der Waals surface area contributed by atoms with E-state index in [2.05, 4.69) is 10.8 Å². The molecule has 1 rings (SSSR count). The topological polar surface area (TPSA) is 50.4 Å². The quantitative estimate of drug-likeness (QED) is 0.644. The number of dihydropyridines is 1. The number of hydrogen-bond acceptors (Lipinski definition) is 3. The third kappa shape index (κ3) is 3.62. The Morgan fingerprint density at radius 3 is 2.79 bits per heavy atom. The summed E-state index contributed by atoms with van der Waals surface area (Å²) >= 11 is 0. The van der Waals surface area contributed by atoms with Crippen LogP contribution < -0.4 is 10.8 Å². The molecule has 4 heteroatoms. The molecule has 0 spiro atoms. The molecule has 0 unspecified atom stereocenters. The van der Waals surface area contributed by atoms with Crippen molar-refractivity contribution in [2.24, 2.45) is 0 Å². The zero-order valence-corrected chi connectivity index (χ0v) is 8.76. The van der Waals surface area contributed by atoms with Gasteiger partial charge in [-0.3, -0.25) is 9.63 Å². The van der Waals surface area contributed by atoms with Crippen LogP contribution in [0.15, 0.2) is 23.9 Å². The van der Waals surface area contributed by atoms with Crippen LogP contribution in [-0.2, 0) is 9.63 Å². The lowest BCUT2D eigenvalue weighted by molar-refractivity contribution is -0.141. The molecule has 1 aliphatic heterocycles. The summed E-state index contributed by atoms with van der Waals surface area (Å²) in [6.07, 6.45) is 5.31. The SMILES string of the molecule is CC(C)(C)ONC(=O)C1=CNCC=C1. The summed E-state index contributed by atoms with van der Waals surface area (Å²) in [5.41, 5.74) is 2.59. The van der Waals surface area contributed by atoms with Crippen molar-refractivity contribution < 1.29 is 9.63 Å². The number of nitrogens with one attached hydrogen (secondary N) is 2. The van der Waals surface area contributed by atoms with Gasteiger partial charge in [-0.25, -0.2) is 5.48 Å². The lowest BCUT2D eigenvalue weighted by Crippen LogP contribution is -2.34. The van der Waals surface area contributed by atoms with Crippen LogP contribution in [0.4, 0.5) is 0 Å². The van der Waals surface area contributed by atoms with Gasteiger partial charge in [-0.15, -0.1) is 0 Å². The number of carbonyl (C=O) groups is 1. The van der Waals surface area contributed by atoms with E-state index in [0.717, 1.165) is 6.54 Å². The first kappa shape index (κ1) is 10.8. The minimum Gasteiger partial charge on any atom is -0.387 e. The first-order chi connectivity index (χ1) is 6.49. The van der Waals surface area contributed by atoms with Crippen LogP contribution in [-0.4, -0.2) is 18.1 Å². The van der Waals surface area contributed by atoms with Crippen LogP contribution in [0, 0.1) is 0 Å². The van der Waals surface area contributed by atoms with Crippen LogP contribution in [0.25, 0.3) is 0 Å². The molecule has 2 N–H and O–H groups in total. The highest BCUT2D eigenvalue weighted by Crippen LogP contribution is 2.05. The summed E-state index contributed by atoms with van der Waals surface area (Å²) in [6.45, 7) is 6.38. The van der Waals surface area contributed by atoms with E-state index in [-0.39, 0.29) is 11.5 Å². The normalized spacial score (nSPS) is 15.8. The van der Waals surface area contributed by atoms with Gasteiger partial charge in [0.25, 0.3) is 5.91 Å². The van der Waals surface area contributed by atoms with E-state index in [1.54, 1.807) is 12.3 Å². The molecule has 0 aliphatic carbocycles. The fourth-order valence-electron chi connectivity index (χ4n) is 0.871. The third-order valence-corrected chi connectivity index (χ3v) is 1.50. The first-order valence-corrected chi connectivity index (χ1v) is 4.57. The molecular formula is C10H16N2O2. The third-order valence-electron chi connectivity index (χ3n) is 1.50. The molecule has 78 valence electrons. The molecule has 0 aromatic carbocycles. The van der Waals surface area contributed by atoms with Gasteiger partial charge in [-0.05, 0) is 20.8 Å². The summed E-state index contributed by atoms with van der Waals surface area (Å²) in [5.74, 6) is -0.233. The smallest absolute Gasteiger partial charge is 0.276 e. The van der Waals surface area contributed by atoms with Gasteiger partial charge in [0.2, 0.25) is 0 Å². The number of hydroxylamine groups is 1. The van der Waals surface area contributed by atoms with E-state index < -0.39 is 0 Å². The van der Waals surface area contributed by atoms with Crippen LogP contribution in [0.5, 0.6) is 0 Å². The molecule has 1 aliphatic rings. The Morgan fingerprint density at radius 1 is 1.57 bits per heavy atom. The summed E-state index contributed by atoms with van der Waals surface area (Å²) in [7, 11) is 0. The number of hydrogen-bond donors (Lipinski definition) is 2. The average molecular weight is 196 g/mol. The minimum absolute atomic E-state index is 0.233. The summed E-state index contributed by atoms with van der Waals surface area (Å²) in [6, 6.07) is 0. The standard InChI is InChI=1S/C10H16N2O2/c1-10(2,3)14-12-9(13)8-5-4-6-11-7-8/h4-5,7,11H,6H2,1-3H3,(H,12,13). The van der Waals surface area contributed by atoms with E-state index >= 15 is 0 Å². The van der Waals surface area contributed by atoms with Crippen molar-refractivity contribution in [2.75, 3.05) is 6.54 Å². The van der Waals surface area contributed by atoms with Crippen molar-refractivity contribution in [2.45, 2.75) is 26.4 Å². The van der Waals surface area contributed by atoms with Gasteiger partial charge >= 0.3 is 0 Å². The van der Waals surface area contributed by atoms with Crippen molar-refractivity contribution in [3.05, 3.63) is 23.9 Å². The second kappa shape index (κ2) is 4.28. The maximum absolute atomic E-state index is 11.4. The van der Waals surface area contributed by atoms with Crippen molar-refractivity contribution in [3.8, 4) is 0 Å². The Bertz CT molecular complexity index is 274. The fourth-order valence-corrected chi connectivity index (χ4v) is 0.871. The largest absolute Gasteiger partial charge is 0.387 e. The van der Waals surface area contributed by atoms with Gasteiger partial charge in [0.15, 0.2) is 0 Å². The van der Waals surface area contributed by atoms with Gasteiger partial charge in [0, 0.05) is 12.7 Å². The Hall–Kier alpha value is -1.29. The molecule has 1 heterocycles. The Labute approximate surface area is 84.0 Å². The highest BCUT2D eigenvalue weighted by Gasteiger charge is 2.14. The maximum atomic E-state index is 11.4. The van der Waals surface area contributed by atoms with Crippen molar-refractivity contribution in [3.63, 3.8) is 0 Å². The predicted octanol–water partition coefficient (Wildman–Crippen LogP) is 0.876. The Kier molecular flexibility index (Phi) is 3.30. The Balaban J connectivity index is 2.43. The van der Waals surface area contributed by atoms with Crippen molar-refractivity contribution in [1.82, 2.24) is 10.8 Å². The van der Waals surface area contributed by atoms with E-state index in [4.69, 9.17) is 4.84 Å². The molecule has 0 bridgehead atoms. The fraction of sp³-hybridized carbons (Fsp3) is 0.500. The Morgan fingerprint density at radius 2 is 2.29 bits per heavy atom. The van der Waals surface area contributed by atoms with Gasteiger partial charge in [0.05, 0.1) is 11.2 Å². The molecule has 14 heavy (non-hydrogen) atoms. The van der Waals surface area contributed by atoms with E-state index in [0.29, 0.717) is 5.57 Å². The molecule has 0 aromatic heterocycles. The second-order valence-electron chi connectivity index (χ2n) is 4.06. The van der Waals surface area contributed by atoms with Crippen molar-refractivity contribution in [1.29, 1.82) is 0 Å². The predicted molar refractivity (Wildman–Crippen MR) is 54.2 cm³/mol. The van der Waals surface area contributed by atoms with Crippen molar-refractivity contribution >= 4 is 5.91 Å². The van der Waals surface area contributed by atoms with Crippen LogP contribution in [0.3, 0.4) is 0 Å². The number of amides is 1. The molecular weight excluding hydrogens is 180 g/mol. The summed E-state index contributed by atoms with van der Waals surface area (Å²) in [5, 5.41) is 2.95. The zero-order valence-electron chi connectivity index (χ0n) is 8.76. The highest BCUT2D eigenvalue weighted by atomic mass is 16.7. The van der Waals surface area contributed by atoms with Gasteiger partial charge in [0.1, 0.15) is 0 Å². The van der Waals surface area contributed by atoms with E-state index in [1.165, 1.54) is 0 Å². The summed E-state index contributed by atoms with van der Waals surface area (Å²) in [4.78, 5) is 16.6. The first-order valence-electron chi connectivity index (χ1n) is 4.57. The van der Waals surface area contributed by atoms with Gasteiger partial charge in [-0.1, -0.05) is 12.2 Å². The maximum Gasteiger partial charge on any atom is 0.276 e. The molecule has 0 radical (unpaired) electrons. The van der Waals surface area contributed by atoms with E-state index in [1.807, 2.05) is 26.8 Å². The van der Waals surface area contributed by atoms with E-state index in [9.17, 15) is 4.79 Å². The second-order valence-corrected chi connectivity index (χ2v) is 4.06. The summed E-state index contributed by atoms with van der Waals surface area (Å²) < 4.78 is 0. The molecule has 0 saturated heterocycles. The molecule has 0 atom stereocenters. The zero-order chi connectivity index (χ0) is 10.6. The molecule has 0 aromatic rings. The molecule has 0 fully saturated rings. The van der Waals surface area contributed by atoms with Crippen LogP contribution in [0.1, 0.15) is 20.8 Å². The minimum atomic E-state index is -0.373. The molecule has 4 nitrogen and oxygen atoms in total. The van der Waals surface area contributed by atoms with Gasteiger partial charge in [-0.2, -0.15) is 0 Å². The highest BCUT2D eigenvalue weighted by molar-refractivity contribution is 5.95. The molecule has 0 saturated carbocycles. The molecule has 1 amide bonds. The lowest BCUT2D eigenvalue weighted by Gasteiger charge is -2.19. The van der Waals surface area contributed by atoms with Crippen LogP contribution >= 0.6 is 0 Å². The lowest BCUT2D eigenvalue weighted by atomic mass is 10.2. The average Bonchev–Trinajstić information content (AvgIpc) is 2.14.